The summed E-state index contributed by atoms with van der Waals surface area (Å²) < 4.78 is 0. The van der Waals surface area contributed by atoms with Crippen molar-refractivity contribution >= 4 is 17.6 Å². The van der Waals surface area contributed by atoms with Gasteiger partial charge < -0.3 is 10.2 Å². The van der Waals surface area contributed by atoms with E-state index < -0.39 is 5.97 Å². The first-order valence-electron chi connectivity index (χ1n) is 5.07. The van der Waals surface area contributed by atoms with E-state index in [1.807, 2.05) is 0 Å². The number of unbranched alkanes of at least 4 members (excludes halogenated alkanes) is 5. The van der Waals surface area contributed by atoms with Gasteiger partial charge in [0, 0.05) is 6.61 Å². The molecule has 0 atom stereocenters. The van der Waals surface area contributed by atoms with E-state index in [1.165, 1.54) is 32.1 Å². The summed E-state index contributed by atoms with van der Waals surface area (Å²) in [6.45, 7) is 2.58. The summed E-state index contributed by atoms with van der Waals surface area (Å²) in [7, 11) is 0. The maximum atomic E-state index is 9.24. The highest BCUT2D eigenvalue weighted by Gasteiger charge is 1.86. The number of aliphatic hydroxyl groups excluding tert-OH is 1. The zero-order chi connectivity index (χ0) is 11.2. The Balaban J connectivity index is 0. The highest BCUT2D eigenvalue weighted by Crippen LogP contribution is 2.03. The Bertz CT molecular complexity index is 112. The normalized spacial score (nSPS) is 9.07. The molecule has 2 N–H and O–H groups in total. The molecule has 0 aromatic rings. The molecular weight excluding hydrogens is 204 g/mol. The van der Waals surface area contributed by atoms with Crippen molar-refractivity contribution in [3.05, 3.63) is 0 Å². The van der Waals surface area contributed by atoms with Crippen LogP contribution in [-0.4, -0.2) is 28.7 Å². The topological polar surface area (TPSA) is 57.5 Å². The second kappa shape index (κ2) is 15.2. The number of carboxylic acid groups (broad SMARTS) is 1. The zero-order valence-electron chi connectivity index (χ0n) is 8.84. The Labute approximate surface area is 91.1 Å². The van der Waals surface area contributed by atoms with Gasteiger partial charge in [0.25, 0.3) is 0 Å². The summed E-state index contributed by atoms with van der Waals surface area (Å²) in [6.07, 6.45) is 7.50. The number of hydrogen-bond donors (Lipinski definition) is 2. The second-order valence-corrected chi connectivity index (χ2v) is 3.29. The molecule has 14 heavy (non-hydrogen) atoms. The van der Waals surface area contributed by atoms with Gasteiger partial charge in [-0.05, 0) is 6.42 Å². The van der Waals surface area contributed by atoms with Crippen LogP contribution in [0.5, 0.6) is 0 Å². The number of carboxylic acids is 1. The van der Waals surface area contributed by atoms with Crippen molar-refractivity contribution in [1.29, 1.82) is 0 Å². The fourth-order valence-corrected chi connectivity index (χ4v) is 0.892. The Morgan fingerprint density at radius 3 is 1.93 bits per heavy atom. The minimum absolute atomic E-state index is 0.306. The molecule has 3 nitrogen and oxygen atoms in total. The molecule has 0 aliphatic rings. The molecule has 0 saturated heterocycles. The van der Waals surface area contributed by atoms with Gasteiger partial charge in [-0.3, -0.25) is 4.79 Å². The van der Waals surface area contributed by atoms with E-state index >= 15 is 0 Å². The average molecular weight is 225 g/mol. The van der Waals surface area contributed by atoms with E-state index in [4.69, 9.17) is 21.8 Å². The maximum Gasteiger partial charge on any atom is 0.318 e. The lowest BCUT2D eigenvalue weighted by Gasteiger charge is -1.95. The molecule has 0 heterocycles. The van der Waals surface area contributed by atoms with Crippen molar-refractivity contribution in [1.82, 2.24) is 0 Å². The van der Waals surface area contributed by atoms with Crippen LogP contribution in [-0.2, 0) is 4.79 Å². The molecule has 0 fully saturated rings. The van der Waals surface area contributed by atoms with Gasteiger partial charge in [0.15, 0.2) is 0 Å². The second-order valence-electron chi connectivity index (χ2n) is 3.02. The summed E-state index contributed by atoms with van der Waals surface area (Å²) >= 11 is 4.74. The van der Waals surface area contributed by atoms with E-state index in [0.29, 0.717) is 6.61 Å². The van der Waals surface area contributed by atoms with Crippen LogP contribution in [0.4, 0.5) is 0 Å². The molecule has 0 radical (unpaired) electrons. The third kappa shape index (κ3) is 22.6. The number of aliphatic hydroxyl groups is 1. The maximum absolute atomic E-state index is 9.24. The summed E-state index contributed by atoms with van der Waals surface area (Å²) in [6, 6.07) is 0. The van der Waals surface area contributed by atoms with Crippen molar-refractivity contribution in [2.45, 2.75) is 45.4 Å². The number of halogens is 1. The standard InChI is InChI=1S/C8H18O.C2H3ClO2/c1-2-3-4-5-6-7-8-9;3-1-2(4)5/h9H,2-8H2,1H3;1H2,(H,4,5). The lowest BCUT2D eigenvalue weighted by molar-refractivity contribution is -0.134. The van der Waals surface area contributed by atoms with Gasteiger partial charge in [0.2, 0.25) is 0 Å². The summed E-state index contributed by atoms with van der Waals surface area (Å²) in [4.78, 5) is 9.24. The SMILES string of the molecule is CCCCCCCCO.O=C(O)CCl. The van der Waals surface area contributed by atoms with Crippen molar-refractivity contribution in [2.24, 2.45) is 0 Å². The fraction of sp³-hybridized carbons (Fsp3) is 0.900. The first-order valence-corrected chi connectivity index (χ1v) is 5.61. The van der Waals surface area contributed by atoms with Crippen molar-refractivity contribution < 1.29 is 15.0 Å². The van der Waals surface area contributed by atoms with Gasteiger partial charge in [-0.1, -0.05) is 39.0 Å². The first-order chi connectivity index (χ1) is 6.68. The number of carbonyl (C=O) groups is 1. The summed E-state index contributed by atoms with van der Waals surface area (Å²) in [5.41, 5.74) is 0. The molecule has 0 bridgehead atoms. The number of rotatable bonds is 7. The lowest BCUT2D eigenvalue weighted by atomic mass is 10.1. The lowest BCUT2D eigenvalue weighted by Crippen LogP contribution is -1.92. The van der Waals surface area contributed by atoms with E-state index in [-0.39, 0.29) is 5.88 Å². The van der Waals surface area contributed by atoms with Crippen LogP contribution >= 0.6 is 11.6 Å². The Kier molecular flexibility index (Phi) is 17.6. The van der Waals surface area contributed by atoms with Gasteiger partial charge in [-0.25, -0.2) is 0 Å². The predicted molar refractivity (Wildman–Crippen MR) is 58.8 cm³/mol. The number of aliphatic carboxylic acids is 1. The molecule has 86 valence electrons. The van der Waals surface area contributed by atoms with E-state index in [0.717, 1.165) is 6.42 Å². The van der Waals surface area contributed by atoms with Crippen LogP contribution in [0.15, 0.2) is 0 Å². The van der Waals surface area contributed by atoms with Gasteiger partial charge >= 0.3 is 5.97 Å². The van der Waals surface area contributed by atoms with Crippen LogP contribution in [0, 0.1) is 0 Å². The smallest absolute Gasteiger partial charge is 0.318 e. The molecule has 0 amide bonds. The zero-order valence-corrected chi connectivity index (χ0v) is 9.59. The van der Waals surface area contributed by atoms with Gasteiger partial charge in [-0.2, -0.15) is 0 Å². The summed E-state index contributed by atoms with van der Waals surface area (Å²) in [5.74, 6) is -1.29. The van der Waals surface area contributed by atoms with Crippen LogP contribution in [0.25, 0.3) is 0 Å². The molecule has 4 heteroatoms. The molecular formula is C10H21ClO3. The monoisotopic (exact) mass is 224 g/mol. The molecule has 0 aliphatic heterocycles. The number of alkyl halides is 1. The van der Waals surface area contributed by atoms with Crippen LogP contribution in [0.3, 0.4) is 0 Å². The molecule has 0 aromatic carbocycles. The van der Waals surface area contributed by atoms with Crippen molar-refractivity contribution in [3.8, 4) is 0 Å². The molecule has 0 unspecified atom stereocenters. The van der Waals surface area contributed by atoms with E-state index in [2.05, 4.69) is 6.92 Å². The van der Waals surface area contributed by atoms with Crippen LogP contribution in [0.2, 0.25) is 0 Å². The molecule has 0 saturated carbocycles. The highest BCUT2D eigenvalue weighted by molar-refractivity contribution is 6.26. The van der Waals surface area contributed by atoms with E-state index in [1.54, 1.807) is 0 Å². The average Bonchev–Trinajstić information content (AvgIpc) is 2.19. The third-order valence-electron chi connectivity index (χ3n) is 1.63. The third-order valence-corrected chi connectivity index (χ3v) is 1.85. The van der Waals surface area contributed by atoms with Crippen LogP contribution in [0.1, 0.15) is 45.4 Å². The number of hydrogen-bond acceptors (Lipinski definition) is 2. The Hall–Kier alpha value is -0.280. The molecule has 0 aliphatic carbocycles. The van der Waals surface area contributed by atoms with Crippen molar-refractivity contribution in [2.75, 3.05) is 12.5 Å². The van der Waals surface area contributed by atoms with Crippen molar-refractivity contribution in [3.63, 3.8) is 0 Å². The largest absolute Gasteiger partial charge is 0.480 e. The van der Waals surface area contributed by atoms with Gasteiger partial charge in [0.05, 0.1) is 0 Å². The minimum atomic E-state index is -0.980. The molecule has 0 rings (SSSR count). The van der Waals surface area contributed by atoms with Crippen LogP contribution < -0.4 is 0 Å². The molecule has 0 aromatic heterocycles. The quantitative estimate of drug-likeness (QED) is 0.516. The Morgan fingerprint density at radius 1 is 1.14 bits per heavy atom. The minimum Gasteiger partial charge on any atom is -0.480 e. The highest BCUT2D eigenvalue weighted by atomic mass is 35.5. The predicted octanol–water partition coefficient (Wildman–Crippen LogP) is 2.65. The molecule has 0 spiro atoms. The fourth-order valence-electron chi connectivity index (χ4n) is 0.892. The van der Waals surface area contributed by atoms with E-state index in [9.17, 15) is 4.79 Å². The Morgan fingerprint density at radius 2 is 1.57 bits per heavy atom. The van der Waals surface area contributed by atoms with Gasteiger partial charge in [-0.15, -0.1) is 11.6 Å². The van der Waals surface area contributed by atoms with Gasteiger partial charge in [0.1, 0.15) is 5.88 Å². The summed E-state index contributed by atoms with van der Waals surface area (Å²) in [5, 5.41) is 16.0. The first kappa shape index (κ1) is 16.2.